The number of anilines is 1. The van der Waals surface area contributed by atoms with Crippen LogP contribution in [0.15, 0.2) is 30.4 Å². The lowest BCUT2D eigenvalue weighted by molar-refractivity contribution is -0.118. The Morgan fingerprint density at radius 3 is 2.78 bits per heavy atom. The summed E-state index contributed by atoms with van der Waals surface area (Å²) in [6.45, 7) is 0.112. The maximum absolute atomic E-state index is 12.3. The standard InChI is InChI=1S/C18H21NO4/c1-22-15-11-13-7-3-2-4-8-14(20)9-5-6-10-23-18(21)17(13)16(19)12-15/h3,5-7,11-12H,2,4,8-10,19H2,1H3. The first-order valence-corrected chi connectivity index (χ1v) is 7.59. The van der Waals surface area contributed by atoms with E-state index in [4.69, 9.17) is 15.2 Å². The highest BCUT2D eigenvalue weighted by molar-refractivity contribution is 5.99. The summed E-state index contributed by atoms with van der Waals surface area (Å²) in [5.74, 6) is 0.275. The van der Waals surface area contributed by atoms with Crippen molar-refractivity contribution in [3.05, 3.63) is 41.5 Å². The summed E-state index contributed by atoms with van der Waals surface area (Å²) >= 11 is 0. The summed E-state index contributed by atoms with van der Waals surface area (Å²) in [6.07, 6.45) is 9.61. The molecule has 0 aliphatic carbocycles. The van der Waals surface area contributed by atoms with Gasteiger partial charge in [-0.25, -0.2) is 4.79 Å². The van der Waals surface area contributed by atoms with E-state index in [-0.39, 0.29) is 12.4 Å². The smallest absolute Gasteiger partial charge is 0.341 e. The van der Waals surface area contributed by atoms with Gasteiger partial charge in [0.1, 0.15) is 18.1 Å². The van der Waals surface area contributed by atoms with Crippen molar-refractivity contribution in [3.63, 3.8) is 0 Å². The van der Waals surface area contributed by atoms with Gasteiger partial charge in [-0.2, -0.15) is 0 Å². The van der Waals surface area contributed by atoms with Gasteiger partial charge in [0.15, 0.2) is 0 Å². The second-order valence-electron chi connectivity index (χ2n) is 5.29. The number of carbonyl (C=O) groups excluding carboxylic acids is 2. The Bertz CT molecular complexity index is 647. The number of methoxy groups -OCH3 is 1. The van der Waals surface area contributed by atoms with E-state index in [0.29, 0.717) is 35.4 Å². The fourth-order valence-electron chi connectivity index (χ4n) is 2.35. The molecular weight excluding hydrogens is 294 g/mol. The van der Waals surface area contributed by atoms with Gasteiger partial charge in [0, 0.05) is 18.9 Å². The first kappa shape index (κ1) is 16.8. The zero-order valence-corrected chi connectivity index (χ0v) is 13.2. The van der Waals surface area contributed by atoms with Crippen molar-refractivity contribution >= 4 is 23.5 Å². The average molecular weight is 315 g/mol. The number of carbonyl (C=O) groups is 2. The maximum Gasteiger partial charge on any atom is 0.341 e. The van der Waals surface area contributed by atoms with Crippen molar-refractivity contribution in [2.24, 2.45) is 0 Å². The third-order valence-electron chi connectivity index (χ3n) is 3.56. The first-order valence-electron chi connectivity index (χ1n) is 7.59. The molecule has 1 aromatic rings. The molecule has 0 spiro atoms. The number of Topliss-reactive ketones (excluding diaryl/α,β-unsaturated/α-hetero) is 1. The molecule has 0 atom stereocenters. The third kappa shape index (κ3) is 4.71. The van der Waals surface area contributed by atoms with Crippen molar-refractivity contribution in [1.29, 1.82) is 0 Å². The van der Waals surface area contributed by atoms with Crippen molar-refractivity contribution in [1.82, 2.24) is 0 Å². The first-order chi connectivity index (χ1) is 11.1. The van der Waals surface area contributed by atoms with Gasteiger partial charge in [-0.05, 0) is 24.5 Å². The SMILES string of the molecule is COc1cc(N)c2c(c1)C=CCCCC(=O)CC=CCOC2=O. The van der Waals surface area contributed by atoms with Crippen molar-refractivity contribution < 1.29 is 19.1 Å². The van der Waals surface area contributed by atoms with Crippen LogP contribution in [-0.2, 0) is 9.53 Å². The molecule has 0 saturated carbocycles. The number of nitrogen functional groups attached to an aromatic ring is 1. The van der Waals surface area contributed by atoms with Crippen LogP contribution in [0.25, 0.3) is 6.08 Å². The zero-order chi connectivity index (χ0) is 16.7. The molecule has 0 unspecified atom stereocenters. The van der Waals surface area contributed by atoms with Gasteiger partial charge in [-0.1, -0.05) is 24.3 Å². The Kier molecular flexibility index (Phi) is 5.97. The number of cyclic esters (lactones) is 1. The second kappa shape index (κ2) is 8.17. The van der Waals surface area contributed by atoms with Crippen LogP contribution in [0.3, 0.4) is 0 Å². The molecule has 1 heterocycles. The maximum atomic E-state index is 12.3. The molecule has 0 saturated heterocycles. The van der Waals surface area contributed by atoms with Crippen LogP contribution in [0.2, 0.25) is 0 Å². The number of ketones is 1. The lowest BCUT2D eigenvalue weighted by Crippen LogP contribution is -2.11. The average Bonchev–Trinajstić information content (AvgIpc) is 2.52. The van der Waals surface area contributed by atoms with Gasteiger partial charge in [0.05, 0.1) is 18.4 Å². The summed E-state index contributed by atoms with van der Waals surface area (Å²) in [7, 11) is 1.54. The summed E-state index contributed by atoms with van der Waals surface area (Å²) in [6, 6.07) is 3.35. The Morgan fingerprint density at radius 2 is 2.00 bits per heavy atom. The van der Waals surface area contributed by atoms with Crippen molar-refractivity contribution in [2.45, 2.75) is 25.7 Å². The number of benzene rings is 1. The highest BCUT2D eigenvalue weighted by atomic mass is 16.5. The van der Waals surface area contributed by atoms with E-state index in [1.807, 2.05) is 12.2 Å². The van der Waals surface area contributed by atoms with E-state index in [0.717, 1.165) is 12.8 Å². The number of ether oxygens (including phenoxy) is 2. The third-order valence-corrected chi connectivity index (χ3v) is 3.56. The highest BCUT2D eigenvalue weighted by Crippen LogP contribution is 2.27. The van der Waals surface area contributed by atoms with E-state index < -0.39 is 5.97 Å². The predicted molar refractivity (Wildman–Crippen MR) is 89.3 cm³/mol. The number of fused-ring (bicyclic) bond motifs is 1. The topological polar surface area (TPSA) is 78.6 Å². The predicted octanol–water partition coefficient (Wildman–Crippen LogP) is 3.15. The van der Waals surface area contributed by atoms with Crippen LogP contribution in [-0.4, -0.2) is 25.5 Å². The minimum absolute atomic E-state index is 0.112. The van der Waals surface area contributed by atoms with Gasteiger partial charge in [0.2, 0.25) is 0 Å². The highest BCUT2D eigenvalue weighted by Gasteiger charge is 2.17. The molecule has 2 N–H and O–H groups in total. The minimum Gasteiger partial charge on any atom is -0.497 e. The number of hydrogen-bond donors (Lipinski definition) is 1. The monoisotopic (exact) mass is 315 g/mol. The quantitative estimate of drug-likeness (QED) is 0.489. The fraction of sp³-hybridized carbons (Fsp3) is 0.333. The molecule has 0 amide bonds. The van der Waals surface area contributed by atoms with Gasteiger partial charge in [-0.15, -0.1) is 0 Å². The molecule has 0 radical (unpaired) electrons. The van der Waals surface area contributed by atoms with E-state index >= 15 is 0 Å². The number of hydrogen-bond acceptors (Lipinski definition) is 5. The minimum atomic E-state index is -0.488. The molecule has 1 aromatic carbocycles. The summed E-state index contributed by atoms with van der Waals surface area (Å²) in [5.41, 5.74) is 7.29. The van der Waals surface area contributed by atoms with E-state index in [1.54, 1.807) is 31.4 Å². The lowest BCUT2D eigenvalue weighted by Gasteiger charge is -2.11. The number of esters is 1. The van der Waals surface area contributed by atoms with Crippen molar-refractivity contribution in [3.8, 4) is 5.75 Å². The molecule has 2 rings (SSSR count). The Balaban J connectivity index is 2.34. The summed E-state index contributed by atoms with van der Waals surface area (Å²) < 4.78 is 10.4. The molecule has 23 heavy (non-hydrogen) atoms. The van der Waals surface area contributed by atoms with E-state index in [9.17, 15) is 9.59 Å². The molecule has 122 valence electrons. The van der Waals surface area contributed by atoms with E-state index in [1.165, 1.54) is 0 Å². The summed E-state index contributed by atoms with van der Waals surface area (Å²) in [5, 5.41) is 0. The summed E-state index contributed by atoms with van der Waals surface area (Å²) in [4.78, 5) is 23.9. The zero-order valence-electron chi connectivity index (χ0n) is 13.2. The Morgan fingerprint density at radius 1 is 1.17 bits per heavy atom. The van der Waals surface area contributed by atoms with Crippen LogP contribution in [0, 0.1) is 0 Å². The van der Waals surface area contributed by atoms with Crippen LogP contribution in [0.5, 0.6) is 5.75 Å². The fourth-order valence-corrected chi connectivity index (χ4v) is 2.35. The molecular formula is C18H21NO4. The number of nitrogens with two attached hydrogens (primary N) is 1. The van der Waals surface area contributed by atoms with Gasteiger partial charge in [0.25, 0.3) is 0 Å². The van der Waals surface area contributed by atoms with Crippen molar-refractivity contribution in [2.75, 3.05) is 19.5 Å². The molecule has 5 heteroatoms. The Hall–Kier alpha value is -2.56. The largest absolute Gasteiger partial charge is 0.497 e. The lowest BCUT2D eigenvalue weighted by atomic mass is 10.0. The van der Waals surface area contributed by atoms with E-state index in [2.05, 4.69) is 0 Å². The second-order valence-corrected chi connectivity index (χ2v) is 5.29. The van der Waals surface area contributed by atoms with Gasteiger partial charge < -0.3 is 15.2 Å². The van der Waals surface area contributed by atoms with Crippen LogP contribution >= 0.6 is 0 Å². The molecule has 1 aliphatic heterocycles. The molecule has 0 aromatic heterocycles. The molecule has 5 nitrogen and oxygen atoms in total. The van der Waals surface area contributed by atoms with Gasteiger partial charge >= 0.3 is 5.97 Å². The van der Waals surface area contributed by atoms with Crippen LogP contribution < -0.4 is 10.5 Å². The molecule has 0 bridgehead atoms. The number of rotatable bonds is 1. The van der Waals surface area contributed by atoms with Crippen LogP contribution in [0.4, 0.5) is 5.69 Å². The number of allylic oxidation sites excluding steroid dienone is 2. The van der Waals surface area contributed by atoms with Crippen LogP contribution in [0.1, 0.15) is 41.6 Å². The molecule has 0 fully saturated rings. The molecule has 1 aliphatic rings. The Labute approximate surface area is 135 Å². The normalized spacial score (nSPS) is 16.4. The van der Waals surface area contributed by atoms with Gasteiger partial charge in [-0.3, -0.25) is 4.79 Å².